The fourth-order valence-corrected chi connectivity index (χ4v) is 2.67. The molecule has 1 aromatic rings. The molecule has 0 saturated carbocycles. The third kappa shape index (κ3) is 4.56. The van der Waals surface area contributed by atoms with E-state index in [9.17, 15) is 0 Å². The molecule has 21 heavy (non-hydrogen) atoms. The molecular weight excluding hydrogens is 262 g/mol. The van der Waals surface area contributed by atoms with Crippen LogP contribution in [-0.2, 0) is 9.47 Å². The predicted molar refractivity (Wildman–Crippen MR) is 82.7 cm³/mol. The zero-order valence-electron chi connectivity index (χ0n) is 13.1. The van der Waals surface area contributed by atoms with Crippen LogP contribution in [0.2, 0.25) is 0 Å². The molecule has 3 heteroatoms. The summed E-state index contributed by atoms with van der Waals surface area (Å²) in [5.41, 5.74) is 1.79. The number of nitriles is 1. The summed E-state index contributed by atoms with van der Waals surface area (Å²) in [6, 6.07) is 9.55. The van der Waals surface area contributed by atoms with Gasteiger partial charge in [-0.1, -0.05) is 51.7 Å². The summed E-state index contributed by atoms with van der Waals surface area (Å²) in [4.78, 5) is 0. The highest BCUT2D eigenvalue weighted by atomic mass is 16.7. The smallest absolute Gasteiger partial charge is 0.183 e. The van der Waals surface area contributed by atoms with Crippen LogP contribution in [0.15, 0.2) is 24.3 Å². The Labute approximate surface area is 127 Å². The van der Waals surface area contributed by atoms with E-state index in [0.717, 1.165) is 25.2 Å². The monoisotopic (exact) mass is 287 g/mol. The molecule has 1 aliphatic rings. The van der Waals surface area contributed by atoms with E-state index in [1.165, 1.54) is 25.7 Å². The van der Waals surface area contributed by atoms with E-state index in [1.54, 1.807) is 12.1 Å². The second-order valence-corrected chi connectivity index (χ2v) is 6.31. The van der Waals surface area contributed by atoms with Crippen molar-refractivity contribution in [2.24, 2.45) is 5.41 Å². The number of hydrogen-bond acceptors (Lipinski definition) is 3. The molecule has 0 unspecified atom stereocenters. The minimum atomic E-state index is -0.290. The molecule has 0 N–H and O–H groups in total. The van der Waals surface area contributed by atoms with Gasteiger partial charge in [0.25, 0.3) is 0 Å². The molecule has 0 atom stereocenters. The van der Waals surface area contributed by atoms with Gasteiger partial charge in [-0.15, -0.1) is 0 Å². The number of benzene rings is 1. The maximum absolute atomic E-state index is 8.82. The maximum Gasteiger partial charge on any atom is 0.183 e. The van der Waals surface area contributed by atoms with E-state index in [2.05, 4.69) is 19.9 Å². The minimum Gasteiger partial charge on any atom is -0.348 e. The maximum atomic E-state index is 8.82. The van der Waals surface area contributed by atoms with Crippen molar-refractivity contribution >= 4 is 0 Å². The highest BCUT2D eigenvalue weighted by molar-refractivity contribution is 5.32. The summed E-state index contributed by atoms with van der Waals surface area (Å²) in [6.07, 6.45) is 5.99. The third-order valence-electron chi connectivity index (χ3n) is 4.11. The molecule has 1 heterocycles. The lowest BCUT2D eigenvalue weighted by Crippen LogP contribution is -2.36. The van der Waals surface area contributed by atoms with E-state index >= 15 is 0 Å². The number of nitrogens with zero attached hydrogens (tertiary/aromatic N) is 1. The first kappa shape index (κ1) is 16.0. The molecule has 1 saturated heterocycles. The van der Waals surface area contributed by atoms with Crippen LogP contribution in [0.5, 0.6) is 0 Å². The van der Waals surface area contributed by atoms with Crippen LogP contribution in [0, 0.1) is 16.7 Å². The summed E-state index contributed by atoms with van der Waals surface area (Å²) < 4.78 is 11.8. The Morgan fingerprint density at radius 1 is 1.14 bits per heavy atom. The molecule has 3 nitrogen and oxygen atoms in total. The lowest BCUT2D eigenvalue weighted by atomic mass is 9.85. The van der Waals surface area contributed by atoms with E-state index < -0.39 is 0 Å². The van der Waals surface area contributed by atoms with Crippen molar-refractivity contribution in [1.82, 2.24) is 0 Å². The summed E-state index contributed by atoms with van der Waals surface area (Å²) >= 11 is 0. The molecule has 0 bridgehead atoms. The number of unbranched alkanes of at least 4 members (excludes halogenated alkanes) is 3. The lowest BCUT2D eigenvalue weighted by molar-refractivity contribution is -0.232. The summed E-state index contributed by atoms with van der Waals surface area (Å²) in [7, 11) is 0. The number of ether oxygens (including phenoxy) is 2. The van der Waals surface area contributed by atoms with Crippen LogP contribution in [-0.4, -0.2) is 13.2 Å². The fourth-order valence-electron chi connectivity index (χ4n) is 2.67. The van der Waals surface area contributed by atoms with Crippen molar-refractivity contribution in [3.8, 4) is 6.07 Å². The molecular formula is C18H25NO2. The van der Waals surface area contributed by atoms with Gasteiger partial charge in [0.05, 0.1) is 24.8 Å². The van der Waals surface area contributed by atoms with Crippen LogP contribution in [0.1, 0.15) is 63.4 Å². The molecule has 0 spiro atoms. The summed E-state index contributed by atoms with van der Waals surface area (Å²) in [6.45, 7) is 5.96. The Balaban J connectivity index is 1.83. The van der Waals surface area contributed by atoms with Crippen molar-refractivity contribution in [2.45, 2.75) is 52.2 Å². The number of rotatable bonds is 6. The van der Waals surface area contributed by atoms with Gasteiger partial charge >= 0.3 is 0 Å². The van der Waals surface area contributed by atoms with Gasteiger partial charge < -0.3 is 9.47 Å². The highest BCUT2D eigenvalue weighted by Gasteiger charge is 2.32. The highest BCUT2D eigenvalue weighted by Crippen LogP contribution is 2.35. The largest absolute Gasteiger partial charge is 0.348 e. The normalized spacial score (nSPS) is 25.5. The van der Waals surface area contributed by atoms with E-state index in [0.29, 0.717) is 5.56 Å². The first-order chi connectivity index (χ1) is 10.2. The topological polar surface area (TPSA) is 42.2 Å². The molecule has 1 aromatic carbocycles. The van der Waals surface area contributed by atoms with Crippen LogP contribution in [0.4, 0.5) is 0 Å². The summed E-state index contributed by atoms with van der Waals surface area (Å²) in [5.74, 6) is 0. The number of hydrogen-bond donors (Lipinski definition) is 0. The van der Waals surface area contributed by atoms with Gasteiger partial charge in [0.15, 0.2) is 6.29 Å². The first-order valence-electron chi connectivity index (χ1n) is 7.90. The van der Waals surface area contributed by atoms with E-state index in [1.807, 2.05) is 12.1 Å². The van der Waals surface area contributed by atoms with Gasteiger partial charge in [-0.05, 0) is 18.6 Å². The van der Waals surface area contributed by atoms with Gasteiger partial charge in [0, 0.05) is 11.0 Å². The molecule has 0 aromatic heterocycles. The van der Waals surface area contributed by atoms with Crippen molar-refractivity contribution in [3.63, 3.8) is 0 Å². The second kappa shape index (κ2) is 7.59. The Kier molecular flexibility index (Phi) is 5.78. The molecule has 0 amide bonds. The zero-order chi connectivity index (χ0) is 15.1. The van der Waals surface area contributed by atoms with Crippen molar-refractivity contribution in [1.29, 1.82) is 5.26 Å². The van der Waals surface area contributed by atoms with Gasteiger partial charge in [0.2, 0.25) is 0 Å². The molecule has 1 fully saturated rings. The standard InChI is InChI=1S/C18H25NO2/c1-3-4-5-6-11-18(2)13-20-17(21-14-18)16-9-7-15(12-19)8-10-16/h7-10,17H,3-6,11,13-14H2,1-2H3/t17-,18-. The van der Waals surface area contributed by atoms with Crippen LogP contribution in [0.3, 0.4) is 0 Å². The molecule has 0 radical (unpaired) electrons. The van der Waals surface area contributed by atoms with E-state index in [4.69, 9.17) is 14.7 Å². The quantitative estimate of drug-likeness (QED) is 0.719. The molecule has 2 rings (SSSR count). The van der Waals surface area contributed by atoms with Gasteiger partial charge in [-0.2, -0.15) is 5.26 Å². The Hall–Kier alpha value is -1.37. The molecule has 1 aliphatic heterocycles. The van der Waals surface area contributed by atoms with Crippen molar-refractivity contribution in [2.75, 3.05) is 13.2 Å². The first-order valence-corrected chi connectivity index (χ1v) is 7.90. The SMILES string of the molecule is CCCCCC[C@]1(C)CO[C@@H](c2ccc(C#N)cc2)OC1. The van der Waals surface area contributed by atoms with Gasteiger partial charge in [-0.3, -0.25) is 0 Å². The summed E-state index contributed by atoms with van der Waals surface area (Å²) in [5, 5.41) is 8.82. The van der Waals surface area contributed by atoms with Crippen molar-refractivity contribution in [3.05, 3.63) is 35.4 Å². The van der Waals surface area contributed by atoms with Gasteiger partial charge in [-0.25, -0.2) is 0 Å². The van der Waals surface area contributed by atoms with E-state index in [-0.39, 0.29) is 11.7 Å². The lowest BCUT2D eigenvalue weighted by Gasteiger charge is -2.37. The minimum absolute atomic E-state index is 0.136. The Bertz CT molecular complexity index is 467. The zero-order valence-corrected chi connectivity index (χ0v) is 13.1. The Morgan fingerprint density at radius 2 is 1.81 bits per heavy atom. The van der Waals surface area contributed by atoms with Crippen LogP contribution >= 0.6 is 0 Å². The third-order valence-corrected chi connectivity index (χ3v) is 4.11. The second-order valence-electron chi connectivity index (χ2n) is 6.31. The van der Waals surface area contributed by atoms with Crippen LogP contribution < -0.4 is 0 Å². The Morgan fingerprint density at radius 3 is 2.38 bits per heavy atom. The fraction of sp³-hybridized carbons (Fsp3) is 0.611. The van der Waals surface area contributed by atoms with Crippen molar-refractivity contribution < 1.29 is 9.47 Å². The predicted octanol–water partition coefficient (Wildman–Crippen LogP) is 4.58. The average molecular weight is 287 g/mol. The van der Waals surface area contributed by atoms with Gasteiger partial charge in [0.1, 0.15) is 0 Å². The molecule has 114 valence electrons. The van der Waals surface area contributed by atoms with Crippen LogP contribution in [0.25, 0.3) is 0 Å². The molecule has 0 aliphatic carbocycles. The average Bonchev–Trinajstić information content (AvgIpc) is 2.53.